The fraction of sp³-hybridized carbons (Fsp3) is 0.412. The van der Waals surface area contributed by atoms with E-state index in [1.165, 1.54) is 61.8 Å². The summed E-state index contributed by atoms with van der Waals surface area (Å²) in [6.45, 7) is 4.28. The molecule has 1 unspecified atom stereocenters. The van der Waals surface area contributed by atoms with Gasteiger partial charge in [0.2, 0.25) is 0 Å². The molecule has 1 saturated carbocycles. The summed E-state index contributed by atoms with van der Waals surface area (Å²) in [5.41, 5.74) is 4.42. The number of allylic oxidation sites excluding steroid dienone is 2. The van der Waals surface area contributed by atoms with Crippen LogP contribution in [0.4, 0.5) is 8.78 Å². The zero-order valence-electron chi connectivity index (χ0n) is 21.9. The molecule has 0 spiro atoms. The van der Waals surface area contributed by atoms with Crippen LogP contribution in [0.5, 0.6) is 0 Å². The molecule has 0 heterocycles. The van der Waals surface area contributed by atoms with E-state index in [4.69, 9.17) is 0 Å². The van der Waals surface area contributed by atoms with Gasteiger partial charge in [-0.25, -0.2) is 8.78 Å². The Balaban J connectivity index is 1.25. The Kier molecular flexibility index (Phi) is 9.50. The van der Waals surface area contributed by atoms with Crippen molar-refractivity contribution in [3.63, 3.8) is 0 Å². The lowest BCUT2D eigenvalue weighted by atomic mass is 9.75. The second-order valence-electron chi connectivity index (χ2n) is 10.7. The molecular formula is C34H40F2. The van der Waals surface area contributed by atoms with Crippen molar-refractivity contribution >= 4 is 0 Å². The maximum absolute atomic E-state index is 14.5. The van der Waals surface area contributed by atoms with Crippen molar-refractivity contribution in [2.45, 2.75) is 77.6 Å². The summed E-state index contributed by atoms with van der Waals surface area (Å²) in [5, 5.41) is 0. The number of aryl methyl sites for hydroxylation is 1. The minimum Gasteiger partial charge on any atom is -0.207 e. The summed E-state index contributed by atoms with van der Waals surface area (Å²) in [7, 11) is 0. The van der Waals surface area contributed by atoms with Crippen LogP contribution in [0.2, 0.25) is 0 Å². The molecule has 1 fully saturated rings. The molecule has 3 aromatic carbocycles. The molecule has 0 N–H and O–H groups in total. The minimum absolute atomic E-state index is 0.178. The van der Waals surface area contributed by atoms with E-state index in [9.17, 15) is 8.78 Å². The Morgan fingerprint density at radius 2 is 1.44 bits per heavy atom. The molecular weight excluding hydrogens is 446 g/mol. The van der Waals surface area contributed by atoms with Crippen LogP contribution in [0.25, 0.3) is 11.1 Å². The van der Waals surface area contributed by atoms with Gasteiger partial charge in [0.1, 0.15) is 11.6 Å². The first-order valence-electron chi connectivity index (χ1n) is 13.8. The summed E-state index contributed by atoms with van der Waals surface area (Å²) in [6, 6.07) is 22.1. The molecule has 0 nitrogen and oxygen atoms in total. The van der Waals surface area contributed by atoms with Crippen LogP contribution in [0.1, 0.15) is 81.4 Å². The fourth-order valence-electron chi connectivity index (χ4n) is 5.81. The number of halogens is 2. The van der Waals surface area contributed by atoms with Crippen LogP contribution in [-0.2, 0) is 12.8 Å². The van der Waals surface area contributed by atoms with Gasteiger partial charge in [0.15, 0.2) is 0 Å². The van der Waals surface area contributed by atoms with E-state index in [0.29, 0.717) is 24.3 Å². The molecule has 0 bridgehead atoms. The second kappa shape index (κ2) is 13.0. The Morgan fingerprint density at radius 1 is 0.806 bits per heavy atom. The van der Waals surface area contributed by atoms with Gasteiger partial charge in [-0.2, -0.15) is 0 Å². The van der Waals surface area contributed by atoms with Crippen LogP contribution < -0.4 is 0 Å². The standard InChI is InChI=1S/C34H40F2/c1-3-4-6-11-32-33(35)23-31(24-34(32)36)30-20-18-27(19-21-30)13-12-26-14-16-28(17-15-26)22-25(2)29-9-7-5-8-10-29/h3-5,7-10,18-21,23-26,28H,6,11-17,22H2,1-2H3/b4-3+. The summed E-state index contributed by atoms with van der Waals surface area (Å²) in [4.78, 5) is 0. The Morgan fingerprint density at radius 3 is 2.08 bits per heavy atom. The lowest BCUT2D eigenvalue weighted by molar-refractivity contribution is 0.245. The quantitative estimate of drug-likeness (QED) is 0.250. The molecule has 3 aromatic rings. The van der Waals surface area contributed by atoms with Gasteiger partial charge >= 0.3 is 0 Å². The third-order valence-corrected chi connectivity index (χ3v) is 8.09. The zero-order valence-corrected chi connectivity index (χ0v) is 21.9. The number of benzene rings is 3. The lowest BCUT2D eigenvalue weighted by Gasteiger charge is -2.30. The van der Waals surface area contributed by atoms with Crippen molar-refractivity contribution in [3.05, 3.63) is 107 Å². The summed E-state index contributed by atoms with van der Waals surface area (Å²) in [5.74, 6) is 1.40. The normalized spacial score (nSPS) is 19.0. The first-order chi connectivity index (χ1) is 17.5. The van der Waals surface area contributed by atoms with Crippen molar-refractivity contribution in [2.75, 3.05) is 0 Å². The van der Waals surface area contributed by atoms with Crippen molar-refractivity contribution in [3.8, 4) is 11.1 Å². The smallest absolute Gasteiger partial charge is 0.129 e. The molecule has 0 aromatic heterocycles. The first-order valence-corrected chi connectivity index (χ1v) is 13.8. The first kappa shape index (κ1) is 26.3. The second-order valence-corrected chi connectivity index (χ2v) is 10.7. The molecule has 4 rings (SSSR count). The van der Waals surface area contributed by atoms with Gasteiger partial charge < -0.3 is 0 Å². The zero-order chi connectivity index (χ0) is 25.3. The van der Waals surface area contributed by atoms with E-state index in [1.54, 1.807) is 0 Å². The predicted octanol–water partition coefficient (Wildman–Crippen LogP) is 10.1. The van der Waals surface area contributed by atoms with Crippen LogP contribution in [-0.4, -0.2) is 0 Å². The van der Waals surface area contributed by atoms with Crippen molar-refractivity contribution in [1.29, 1.82) is 0 Å². The van der Waals surface area contributed by atoms with Crippen LogP contribution >= 0.6 is 0 Å². The molecule has 1 aliphatic carbocycles. The highest BCUT2D eigenvalue weighted by atomic mass is 19.1. The van der Waals surface area contributed by atoms with E-state index in [1.807, 2.05) is 31.2 Å². The number of hydrogen-bond acceptors (Lipinski definition) is 0. The van der Waals surface area contributed by atoms with Gasteiger partial charge in [-0.05, 0) is 91.2 Å². The van der Waals surface area contributed by atoms with E-state index >= 15 is 0 Å². The van der Waals surface area contributed by atoms with E-state index in [-0.39, 0.29) is 5.56 Å². The number of hydrogen-bond donors (Lipinski definition) is 0. The average molecular weight is 487 g/mol. The van der Waals surface area contributed by atoms with Crippen molar-refractivity contribution in [1.82, 2.24) is 0 Å². The molecule has 190 valence electrons. The summed E-state index contributed by atoms with van der Waals surface area (Å²) >= 11 is 0. The van der Waals surface area contributed by atoms with Gasteiger partial charge in [0.05, 0.1) is 0 Å². The lowest BCUT2D eigenvalue weighted by Crippen LogP contribution is -2.16. The van der Waals surface area contributed by atoms with Gasteiger partial charge in [0.25, 0.3) is 0 Å². The molecule has 1 aliphatic rings. The minimum atomic E-state index is -0.452. The predicted molar refractivity (Wildman–Crippen MR) is 148 cm³/mol. The number of rotatable bonds is 10. The van der Waals surface area contributed by atoms with Crippen molar-refractivity contribution in [2.24, 2.45) is 11.8 Å². The van der Waals surface area contributed by atoms with Gasteiger partial charge in [-0.15, -0.1) is 0 Å². The summed E-state index contributed by atoms with van der Waals surface area (Å²) < 4.78 is 29.1. The van der Waals surface area contributed by atoms with Gasteiger partial charge in [0, 0.05) is 5.56 Å². The van der Waals surface area contributed by atoms with E-state index < -0.39 is 11.6 Å². The molecule has 1 atom stereocenters. The topological polar surface area (TPSA) is 0 Å². The SMILES string of the molecule is C/C=C/CCc1c(F)cc(-c2ccc(CCC3CCC(CC(C)c4ccccc4)CC3)cc2)cc1F. The van der Waals surface area contributed by atoms with E-state index in [2.05, 4.69) is 49.4 Å². The largest absolute Gasteiger partial charge is 0.207 e. The highest BCUT2D eigenvalue weighted by Crippen LogP contribution is 2.37. The maximum atomic E-state index is 14.5. The Bertz CT molecular complexity index is 1080. The van der Waals surface area contributed by atoms with Crippen LogP contribution in [0, 0.1) is 23.5 Å². The van der Waals surface area contributed by atoms with Crippen molar-refractivity contribution < 1.29 is 8.78 Å². The fourth-order valence-corrected chi connectivity index (χ4v) is 5.81. The monoisotopic (exact) mass is 486 g/mol. The molecule has 0 radical (unpaired) electrons. The molecule has 2 heteroatoms. The maximum Gasteiger partial charge on any atom is 0.129 e. The molecule has 0 aliphatic heterocycles. The third kappa shape index (κ3) is 7.15. The summed E-state index contributed by atoms with van der Waals surface area (Å²) in [6.07, 6.45) is 13.8. The Hall–Kier alpha value is -2.74. The van der Waals surface area contributed by atoms with Gasteiger partial charge in [-0.3, -0.25) is 0 Å². The van der Waals surface area contributed by atoms with Crippen LogP contribution in [0.3, 0.4) is 0 Å². The highest BCUT2D eigenvalue weighted by Gasteiger charge is 2.23. The Labute approximate surface area is 216 Å². The third-order valence-electron chi connectivity index (χ3n) is 8.09. The van der Waals surface area contributed by atoms with E-state index in [0.717, 1.165) is 23.8 Å². The van der Waals surface area contributed by atoms with Crippen LogP contribution in [0.15, 0.2) is 78.9 Å². The average Bonchev–Trinajstić information content (AvgIpc) is 2.90. The molecule has 0 saturated heterocycles. The molecule has 36 heavy (non-hydrogen) atoms. The highest BCUT2D eigenvalue weighted by molar-refractivity contribution is 5.64. The molecule has 0 amide bonds. The van der Waals surface area contributed by atoms with Gasteiger partial charge in [-0.1, -0.05) is 99.4 Å².